The Hall–Kier alpha value is -2.30. The van der Waals surface area contributed by atoms with Crippen molar-refractivity contribution in [3.63, 3.8) is 0 Å². The molecule has 0 aliphatic heterocycles. The Balaban J connectivity index is 2.11. The summed E-state index contributed by atoms with van der Waals surface area (Å²) in [5.41, 5.74) is 0.958. The summed E-state index contributed by atoms with van der Waals surface area (Å²) in [6.45, 7) is 5.80. The molecule has 2 aromatic rings. The van der Waals surface area contributed by atoms with Crippen molar-refractivity contribution in [1.82, 2.24) is 10.5 Å². The van der Waals surface area contributed by atoms with Crippen LogP contribution in [0.3, 0.4) is 0 Å². The van der Waals surface area contributed by atoms with Crippen LogP contribution >= 0.6 is 0 Å². The molecule has 0 fully saturated rings. The second-order valence-electron chi connectivity index (χ2n) is 4.80. The Morgan fingerprint density at radius 1 is 1.35 bits per heavy atom. The average molecular weight is 274 g/mol. The third-order valence-corrected chi connectivity index (χ3v) is 2.75. The summed E-state index contributed by atoms with van der Waals surface area (Å²) in [7, 11) is 0. The molecule has 0 atom stereocenters. The van der Waals surface area contributed by atoms with Crippen LogP contribution in [-0.4, -0.2) is 17.1 Å². The molecular formula is C15H18N2O3. The molecule has 0 saturated heterocycles. The van der Waals surface area contributed by atoms with E-state index in [4.69, 9.17) is 9.26 Å². The van der Waals surface area contributed by atoms with Crippen molar-refractivity contribution in [2.75, 3.05) is 0 Å². The maximum absolute atomic E-state index is 12.0. The van der Waals surface area contributed by atoms with Crippen LogP contribution in [0.5, 0.6) is 5.75 Å². The first-order valence-electron chi connectivity index (χ1n) is 6.51. The minimum absolute atomic E-state index is 0.0439. The van der Waals surface area contributed by atoms with Gasteiger partial charge in [0.25, 0.3) is 5.91 Å². The predicted octanol–water partition coefficient (Wildman–Crippen LogP) is 2.70. The van der Waals surface area contributed by atoms with E-state index < -0.39 is 0 Å². The molecule has 0 spiro atoms. The lowest BCUT2D eigenvalue weighted by Gasteiger charge is -2.08. The fourth-order valence-electron chi connectivity index (χ4n) is 1.74. The van der Waals surface area contributed by atoms with E-state index in [1.165, 1.54) is 0 Å². The lowest BCUT2D eigenvalue weighted by Crippen LogP contribution is -2.31. The number of carbonyl (C=O) groups is 1. The molecule has 106 valence electrons. The second-order valence-corrected chi connectivity index (χ2v) is 4.80. The van der Waals surface area contributed by atoms with Crippen LogP contribution in [0.15, 0.2) is 34.9 Å². The highest BCUT2D eigenvalue weighted by Gasteiger charge is 2.20. The van der Waals surface area contributed by atoms with Crippen LogP contribution in [0.4, 0.5) is 0 Å². The summed E-state index contributed by atoms with van der Waals surface area (Å²) in [6, 6.07) is 9.46. The zero-order valence-corrected chi connectivity index (χ0v) is 11.8. The molecule has 1 aromatic carbocycles. The van der Waals surface area contributed by atoms with E-state index in [0.717, 1.165) is 5.75 Å². The van der Waals surface area contributed by atoms with E-state index in [-0.39, 0.29) is 24.2 Å². The van der Waals surface area contributed by atoms with Crippen molar-refractivity contribution >= 4 is 5.91 Å². The number of nitrogens with one attached hydrogen (secondary N) is 1. The lowest BCUT2D eigenvalue weighted by atomic mass is 10.2. The number of nitrogens with zero attached hydrogens (tertiary/aromatic N) is 1. The van der Waals surface area contributed by atoms with E-state index in [1.807, 2.05) is 44.2 Å². The smallest absolute Gasteiger partial charge is 0.274 e. The Morgan fingerprint density at radius 2 is 2.05 bits per heavy atom. The quantitative estimate of drug-likeness (QED) is 0.910. The third kappa shape index (κ3) is 3.38. The highest BCUT2D eigenvalue weighted by atomic mass is 16.5. The largest absolute Gasteiger partial charge is 0.489 e. The number of carbonyl (C=O) groups excluding carboxylic acids is 1. The molecule has 5 heteroatoms. The van der Waals surface area contributed by atoms with Gasteiger partial charge in [-0.15, -0.1) is 0 Å². The van der Waals surface area contributed by atoms with Crippen LogP contribution in [-0.2, 0) is 6.61 Å². The minimum Gasteiger partial charge on any atom is -0.489 e. The van der Waals surface area contributed by atoms with E-state index in [9.17, 15) is 4.79 Å². The second kappa shape index (κ2) is 6.23. The summed E-state index contributed by atoms with van der Waals surface area (Å²) in [5.74, 6) is 1.08. The van der Waals surface area contributed by atoms with Gasteiger partial charge in [-0.1, -0.05) is 23.4 Å². The Bertz CT molecular complexity index is 576. The van der Waals surface area contributed by atoms with Crippen LogP contribution in [0.25, 0.3) is 0 Å². The molecular weight excluding hydrogens is 256 g/mol. The van der Waals surface area contributed by atoms with Gasteiger partial charge in [0.15, 0.2) is 5.69 Å². The van der Waals surface area contributed by atoms with Gasteiger partial charge in [-0.05, 0) is 32.9 Å². The van der Waals surface area contributed by atoms with E-state index >= 15 is 0 Å². The first-order chi connectivity index (χ1) is 9.58. The number of ether oxygens (including phenoxy) is 1. The predicted molar refractivity (Wildman–Crippen MR) is 74.6 cm³/mol. The number of amides is 1. The van der Waals surface area contributed by atoms with Gasteiger partial charge in [0.05, 0.1) is 5.56 Å². The molecule has 20 heavy (non-hydrogen) atoms. The average Bonchev–Trinajstić information content (AvgIpc) is 2.78. The number of benzene rings is 1. The standard InChI is InChI=1S/C15H18N2O3/c1-10(2)16-15(18)14-13(11(3)20-17-14)9-19-12-7-5-4-6-8-12/h4-8,10H,9H2,1-3H3,(H,16,18). The van der Waals surface area contributed by atoms with Crippen LogP contribution in [0.2, 0.25) is 0 Å². The third-order valence-electron chi connectivity index (χ3n) is 2.75. The van der Waals surface area contributed by atoms with Gasteiger partial charge in [-0.25, -0.2) is 0 Å². The maximum atomic E-state index is 12.0. The number of aryl methyl sites for hydroxylation is 1. The van der Waals surface area contributed by atoms with Crippen molar-refractivity contribution in [3.8, 4) is 5.75 Å². The Kier molecular flexibility index (Phi) is 4.40. The van der Waals surface area contributed by atoms with Crippen LogP contribution < -0.4 is 10.1 Å². The van der Waals surface area contributed by atoms with Gasteiger partial charge in [0.1, 0.15) is 18.1 Å². The number of aromatic nitrogens is 1. The normalized spacial score (nSPS) is 10.6. The highest BCUT2D eigenvalue weighted by Crippen LogP contribution is 2.17. The summed E-state index contributed by atoms with van der Waals surface area (Å²) in [5, 5.41) is 6.61. The van der Waals surface area contributed by atoms with Crippen molar-refractivity contribution < 1.29 is 14.1 Å². The molecule has 0 radical (unpaired) electrons. The molecule has 1 N–H and O–H groups in total. The summed E-state index contributed by atoms with van der Waals surface area (Å²) >= 11 is 0. The summed E-state index contributed by atoms with van der Waals surface area (Å²) in [4.78, 5) is 12.0. The summed E-state index contributed by atoms with van der Waals surface area (Å²) in [6.07, 6.45) is 0. The van der Waals surface area contributed by atoms with Crippen molar-refractivity contribution in [1.29, 1.82) is 0 Å². The van der Waals surface area contributed by atoms with Crippen LogP contribution in [0.1, 0.15) is 35.7 Å². The first-order valence-corrected chi connectivity index (χ1v) is 6.51. The SMILES string of the molecule is Cc1onc(C(=O)NC(C)C)c1COc1ccccc1. The number of rotatable bonds is 5. The monoisotopic (exact) mass is 274 g/mol. The number of para-hydroxylation sites is 1. The van der Waals surface area contributed by atoms with Gasteiger partial charge in [-0.3, -0.25) is 4.79 Å². The van der Waals surface area contributed by atoms with Gasteiger partial charge in [0.2, 0.25) is 0 Å². The zero-order chi connectivity index (χ0) is 14.5. The van der Waals surface area contributed by atoms with Gasteiger partial charge in [0, 0.05) is 6.04 Å². The fourth-order valence-corrected chi connectivity index (χ4v) is 1.74. The first kappa shape index (κ1) is 14.1. The molecule has 0 aliphatic carbocycles. The minimum atomic E-state index is -0.247. The number of hydrogen-bond acceptors (Lipinski definition) is 4. The molecule has 0 aliphatic rings. The van der Waals surface area contributed by atoms with Crippen LogP contribution in [0, 0.1) is 6.92 Å². The molecule has 1 amide bonds. The zero-order valence-electron chi connectivity index (χ0n) is 11.8. The molecule has 5 nitrogen and oxygen atoms in total. The van der Waals surface area contributed by atoms with Crippen molar-refractivity contribution in [2.24, 2.45) is 0 Å². The molecule has 0 saturated carbocycles. The number of hydrogen-bond donors (Lipinski definition) is 1. The Morgan fingerprint density at radius 3 is 2.70 bits per heavy atom. The van der Waals surface area contributed by atoms with Gasteiger partial charge < -0.3 is 14.6 Å². The van der Waals surface area contributed by atoms with Crippen molar-refractivity contribution in [2.45, 2.75) is 33.4 Å². The lowest BCUT2D eigenvalue weighted by molar-refractivity contribution is 0.0932. The molecule has 2 rings (SSSR count). The van der Waals surface area contributed by atoms with E-state index in [0.29, 0.717) is 11.3 Å². The van der Waals surface area contributed by atoms with Gasteiger partial charge in [-0.2, -0.15) is 0 Å². The van der Waals surface area contributed by atoms with E-state index in [1.54, 1.807) is 6.92 Å². The summed E-state index contributed by atoms with van der Waals surface area (Å²) < 4.78 is 10.7. The Labute approximate surface area is 117 Å². The topological polar surface area (TPSA) is 64.4 Å². The molecule has 1 heterocycles. The van der Waals surface area contributed by atoms with Crippen molar-refractivity contribution in [3.05, 3.63) is 47.3 Å². The maximum Gasteiger partial charge on any atom is 0.274 e. The molecule has 0 bridgehead atoms. The fraction of sp³-hybridized carbons (Fsp3) is 0.333. The highest BCUT2D eigenvalue weighted by molar-refractivity contribution is 5.93. The molecule has 1 aromatic heterocycles. The van der Waals surface area contributed by atoms with E-state index in [2.05, 4.69) is 10.5 Å². The van der Waals surface area contributed by atoms with Gasteiger partial charge >= 0.3 is 0 Å². The molecule has 0 unspecified atom stereocenters.